The van der Waals surface area contributed by atoms with Gasteiger partial charge >= 0.3 is 0 Å². The molecule has 0 aromatic carbocycles. The van der Waals surface area contributed by atoms with Crippen molar-refractivity contribution in [1.82, 2.24) is 4.90 Å². The maximum absolute atomic E-state index is 12.0. The van der Waals surface area contributed by atoms with E-state index in [0.717, 1.165) is 18.3 Å². The highest BCUT2D eigenvalue weighted by atomic mass is 16.3. The number of β-amino-alcohol motifs (C(OH)–C–C–N with tert-alkyl or cyclic N) is 1. The maximum atomic E-state index is 12.0. The van der Waals surface area contributed by atoms with Crippen LogP contribution in [0.3, 0.4) is 0 Å². The van der Waals surface area contributed by atoms with Gasteiger partial charge in [-0.3, -0.25) is 4.79 Å². The van der Waals surface area contributed by atoms with Crippen molar-refractivity contribution in [2.45, 2.75) is 44.6 Å². The molecule has 1 heterocycles. The van der Waals surface area contributed by atoms with Gasteiger partial charge in [0, 0.05) is 6.42 Å². The number of nitrogens with zero attached hydrogens (tertiary/aromatic N) is 1. The Labute approximate surface area is 96.8 Å². The summed E-state index contributed by atoms with van der Waals surface area (Å²) in [6.07, 6.45) is 6.13. The fourth-order valence-electron chi connectivity index (χ4n) is 3.93. The van der Waals surface area contributed by atoms with Crippen LogP contribution in [0, 0.1) is 17.8 Å². The molecular formula is C13H21NO2. The van der Waals surface area contributed by atoms with Gasteiger partial charge in [0.2, 0.25) is 5.91 Å². The van der Waals surface area contributed by atoms with Gasteiger partial charge < -0.3 is 10.0 Å². The van der Waals surface area contributed by atoms with Crippen molar-refractivity contribution in [2.75, 3.05) is 13.1 Å². The predicted molar refractivity (Wildman–Crippen MR) is 60.8 cm³/mol. The number of carbonyl (C=O) groups excluding carboxylic acids is 1. The van der Waals surface area contributed by atoms with Crippen LogP contribution in [0.4, 0.5) is 0 Å². The normalized spacial score (nSPS) is 39.9. The lowest BCUT2D eigenvalue weighted by molar-refractivity contribution is -0.153. The monoisotopic (exact) mass is 223 g/mol. The Bertz CT molecular complexity index is 305. The molecule has 0 radical (unpaired) electrons. The zero-order valence-corrected chi connectivity index (χ0v) is 9.98. The minimum absolute atomic E-state index is 0.268. The first-order valence-electron chi connectivity index (χ1n) is 6.54. The number of hydrogen-bond acceptors (Lipinski definition) is 2. The molecule has 1 aliphatic heterocycles. The van der Waals surface area contributed by atoms with Crippen LogP contribution >= 0.6 is 0 Å². The van der Waals surface area contributed by atoms with Crippen LogP contribution in [0.5, 0.6) is 0 Å². The number of amides is 1. The molecule has 1 saturated heterocycles. The van der Waals surface area contributed by atoms with Gasteiger partial charge in [0.15, 0.2) is 0 Å². The smallest absolute Gasteiger partial charge is 0.223 e. The Hall–Kier alpha value is -0.570. The van der Waals surface area contributed by atoms with E-state index in [9.17, 15) is 9.90 Å². The Balaban J connectivity index is 1.51. The number of carbonyl (C=O) groups is 1. The lowest BCUT2D eigenvalue weighted by Gasteiger charge is -2.44. The van der Waals surface area contributed by atoms with Gasteiger partial charge in [-0.2, -0.15) is 0 Å². The fourth-order valence-corrected chi connectivity index (χ4v) is 3.93. The molecule has 0 spiro atoms. The summed E-state index contributed by atoms with van der Waals surface area (Å²) in [5.41, 5.74) is -0.621. The van der Waals surface area contributed by atoms with Crippen LogP contribution in [0.15, 0.2) is 0 Å². The van der Waals surface area contributed by atoms with Crippen LogP contribution in [-0.4, -0.2) is 34.6 Å². The van der Waals surface area contributed by atoms with Gasteiger partial charge in [-0.25, -0.2) is 0 Å². The maximum Gasteiger partial charge on any atom is 0.223 e. The number of rotatable bonds is 2. The summed E-state index contributed by atoms with van der Waals surface area (Å²) in [6.45, 7) is 2.87. The van der Waals surface area contributed by atoms with E-state index in [2.05, 4.69) is 0 Å². The largest absolute Gasteiger partial charge is 0.386 e. The van der Waals surface area contributed by atoms with Gasteiger partial charge in [-0.15, -0.1) is 0 Å². The lowest BCUT2D eigenvalue weighted by Crippen LogP contribution is -2.61. The van der Waals surface area contributed by atoms with Gasteiger partial charge in [0.25, 0.3) is 0 Å². The molecule has 2 saturated carbocycles. The van der Waals surface area contributed by atoms with Crippen molar-refractivity contribution in [3.05, 3.63) is 0 Å². The highest BCUT2D eigenvalue weighted by Crippen LogP contribution is 2.49. The molecule has 3 nitrogen and oxygen atoms in total. The van der Waals surface area contributed by atoms with Gasteiger partial charge in [-0.1, -0.05) is 6.42 Å². The SMILES string of the molecule is CC1(O)CN(C(=O)CC2CC3CCC2C3)C1. The van der Waals surface area contributed by atoms with E-state index in [4.69, 9.17) is 0 Å². The second-order valence-electron chi connectivity index (χ2n) is 6.39. The Morgan fingerprint density at radius 2 is 2.12 bits per heavy atom. The lowest BCUT2D eigenvalue weighted by atomic mass is 9.85. The summed E-state index contributed by atoms with van der Waals surface area (Å²) in [5.74, 6) is 2.67. The fraction of sp³-hybridized carbons (Fsp3) is 0.923. The summed E-state index contributed by atoms with van der Waals surface area (Å²) >= 11 is 0. The second kappa shape index (κ2) is 3.46. The highest BCUT2D eigenvalue weighted by molar-refractivity contribution is 5.77. The molecule has 3 unspecified atom stereocenters. The van der Waals surface area contributed by atoms with Gasteiger partial charge in [0.05, 0.1) is 18.7 Å². The third-order valence-corrected chi connectivity index (χ3v) is 4.74. The number of likely N-dealkylation sites (tertiary alicyclic amines) is 1. The molecule has 2 aliphatic carbocycles. The average molecular weight is 223 g/mol. The number of hydrogen-bond donors (Lipinski definition) is 1. The van der Waals surface area contributed by atoms with Crippen LogP contribution in [0.25, 0.3) is 0 Å². The minimum Gasteiger partial charge on any atom is -0.386 e. The highest BCUT2D eigenvalue weighted by Gasteiger charge is 2.43. The summed E-state index contributed by atoms with van der Waals surface area (Å²) < 4.78 is 0. The van der Waals surface area contributed by atoms with Crippen molar-refractivity contribution in [1.29, 1.82) is 0 Å². The Morgan fingerprint density at radius 1 is 1.38 bits per heavy atom. The van der Waals surface area contributed by atoms with E-state index in [1.165, 1.54) is 25.7 Å². The molecule has 16 heavy (non-hydrogen) atoms. The number of aliphatic hydroxyl groups is 1. The molecule has 3 fully saturated rings. The van der Waals surface area contributed by atoms with Crippen molar-refractivity contribution < 1.29 is 9.90 Å². The number of fused-ring (bicyclic) bond motifs is 2. The minimum atomic E-state index is -0.621. The van der Waals surface area contributed by atoms with Crippen LogP contribution in [0.1, 0.15) is 39.0 Å². The van der Waals surface area contributed by atoms with Crippen molar-refractivity contribution in [2.24, 2.45) is 17.8 Å². The Morgan fingerprint density at radius 3 is 2.62 bits per heavy atom. The van der Waals surface area contributed by atoms with Crippen LogP contribution in [0.2, 0.25) is 0 Å². The first-order valence-corrected chi connectivity index (χ1v) is 6.54. The first-order chi connectivity index (χ1) is 7.53. The van der Waals surface area contributed by atoms with E-state index in [1.54, 1.807) is 6.92 Å². The third-order valence-electron chi connectivity index (χ3n) is 4.74. The molecular weight excluding hydrogens is 202 g/mol. The van der Waals surface area contributed by atoms with E-state index in [-0.39, 0.29) is 5.91 Å². The molecule has 1 N–H and O–H groups in total. The summed E-state index contributed by atoms with van der Waals surface area (Å²) in [7, 11) is 0. The first kappa shape index (κ1) is 10.6. The molecule has 3 heteroatoms. The second-order valence-corrected chi connectivity index (χ2v) is 6.39. The predicted octanol–water partition coefficient (Wildman–Crippen LogP) is 1.41. The summed E-state index contributed by atoms with van der Waals surface area (Å²) in [6, 6.07) is 0. The Kier molecular flexibility index (Phi) is 2.29. The molecule has 0 aromatic heterocycles. The van der Waals surface area contributed by atoms with E-state index in [0.29, 0.717) is 19.0 Å². The van der Waals surface area contributed by atoms with E-state index >= 15 is 0 Å². The molecule has 0 aromatic rings. The van der Waals surface area contributed by atoms with Crippen LogP contribution < -0.4 is 0 Å². The van der Waals surface area contributed by atoms with E-state index in [1.807, 2.05) is 4.90 Å². The van der Waals surface area contributed by atoms with Crippen LogP contribution in [-0.2, 0) is 4.79 Å². The molecule has 1 amide bonds. The van der Waals surface area contributed by atoms with E-state index < -0.39 is 5.60 Å². The van der Waals surface area contributed by atoms with Gasteiger partial charge in [0.1, 0.15) is 0 Å². The summed E-state index contributed by atoms with van der Waals surface area (Å²) in [5, 5.41) is 9.60. The molecule has 3 aliphatic rings. The standard InChI is InChI=1S/C13H21NO2/c1-13(16)7-14(8-13)12(15)6-11-5-9-2-3-10(11)4-9/h9-11,16H,2-8H2,1H3. The quantitative estimate of drug-likeness (QED) is 0.769. The molecule has 3 rings (SSSR count). The molecule has 3 atom stereocenters. The topological polar surface area (TPSA) is 40.5 Å². The van der Waals surface area contributed by atoms with Crippen molar-refractivity contribution in [3.63, 3.8) is 0 Å². The zero-order valence-electron chi connectivity index (χ0n) is 9.98. The zero-order chi connectivity index (χ0) is 11.3. The van der Waals surface area contributed by atoms with Gasteiger partial charge in [-0.05, 0) is 43.9 Å². The molecule has 90 valence electrons. The summed E-state index contributed by atoms with van der Waals surface area (Å²) in [4.78, 5) is 13.8. The average Bonchev–Trinajstić information content (AvgIpc) is 2.75. The molecule has 2 bridgehead atoms. The third kappa shape index (κ3) is 1.75. The van der Waals surface area contributed by atoms with Crippen molar-refractivity contribution >= 4 is 5.91 Å². The van der Waals surface area contributed by atoms with Crippen molar-refractivity contribution in [3.8, 4) is 0 Å².